The lowest BCUT2D eigenvalue weighted by atomic mass is 10.1. The Hall–Kier alpha value is -3.96. The zero-order valence-electron chi connectivity index (χ0n) is 14.4. The Morgan fingerprint density at radius 3 is 2.21 bits per heavy atom. The van der Waals surface area contributed by atoms with E-state index in [0.717, 1.165) is 36.4 Å². The number of hydrogen-bond donors (Lipinski definition) is 2. The molecule has 0 spiro atoms. The number of esters is 1. The number of rotatable bonds is 5. The molecule has 29 heavy (non-hydrogen) atoms. The van der Waals surface area contributed by atoms with Crippen molar-refractivity contribution in [1.82, 2.24) is 10.9 Å². The highest BCUT2D eigenvalue weighted by atomic mass is 19.4. The van der Waals surface area contributed by atoms with Crippen molar-refractivity contribution < 1.29 is 37.2 Å². The molecule has 152 valence electrons. The summed E-state index contributed by atoms with van der Waals surface area (Å²) in [5.41, 5.74) is 1.65. The van der Waals surface area contributed by atoms with Crippen LogP contribution in [0, 0.1) is 10.1 Å². The van der Waals surface area contributed by atoms with Crippen molar-refractivity contribution in [3.05, 3.63) is 75.3 Å². The second kappa shape index (κ2) is 8.82. The summed E-state index contributed by atoms with van der Waals surface area (Å²) in [6.45, 7) is -0.953. The minimum atomic E-state index is -4.78. The zero-order valence-corrected chi connectivity index (χ0v) is 14.4. The Morgan fingerprint density at radius 2 is 1.62 bits per heavy atom. The number of nitrogens with one attached hydrogen (secondary N) is 2. The average Bonchev–Trinajstić information content (AvgIpc) is 2.69. The van der Waals surface area contributed by atoms with Crippen molar-refractivity contribution in [2.45, 2.75) is 6.18 Å². The molecular formula is C17H12F3N3O6. The number of alkyl halides is 3. The molecule has 0 aromatic heterocycles. The van der Waals surface area contributed by atoms with Crippen LogP contribution in [-0.4, -0.2) is 29.3 Å². The number of halogens is 3. The number of carbonyl (C=O) groups is 3. The summed E-state index contributed by atoms with van der Waals surface area (Å²) in [6, 6.07) is 8.35. The first-order valence-electron chi connectivity index (χ1n) is 7.76. The van der Waals surface area contributed by atoms with Crippen molar-refractivity contribution in [3.63, 3.8) is 0 Å². The van der Waals surface area contributed by atoms with E-state index in [0.29, 0.717) is 6.07 Å². The lowest BCUT2D eigenvalue weighted by Gasteiger charge is -2.12. The summed E-state index contributed by atoms with van der Waals surface area (Å²) >= 11 is 0. The largest absolute Gasteiger partial charge is 0.452 e. The van der Waals surface area contributed by atoms with E-state index in [9.17, 15) is 37.7 Å². The van der Waals surface area contributed by atoms with Crippen molar-refractivity contribution in [2.24, 2.45) is 0 Å². The van der Waals surface area contributed by atoms with Crippen LogP contribution in [0.5, 0.6) is 0 Å². The molecule has 0 aliphatic heterocycles. The molecule has 0 aliphatic rings. The summed E-state index contributed by atoms with van der Waals surface area (Å²) in [4.78, 5) is 45.1. The van der Waals surface area contributed by atoms with Crippen LogP contribution >= 0.6 is 0 Å². The molecule has 0 saturated carbocycles. The van der Waals surface area contributed by atoms with Crippen LogP contribution in [0.3, 0.4) is 0 Å². The summed E-state index contributed by atoms with van der Waals surface area (Å²) < 4.78 is 43.2. The first-order valence-corrected chi connectivity index (χ1v) is 7.76. The lowest BCUT2D eigenvalue weighted by Crippen LogP contribution is -2.43. The highest BCUT2D eigenvalue weighted by molar-refractivity contribution is 5.96. The topological polar surface area (TPSA) is 128 Å². The Bertz CT molecular complexity index is 944. The van der Waals surface area contributed by atoms with Gasteiger partial charge < -0.3 is 4.74 Å². The molecule has 0 unspecified atom stereocenters. The molecule has 0 atom stereocenters. The van der Waals surface area contributed by atoms with E-state index in [2.05, 4.69) is 4.74 Å². The molecule has 2 rings (SSSR count). The average molecular weight is 411 g/mol. The summed E-state index contributed by atoms with van der Waals surface area (Å²) in [5.74, 6) is -3.20. The number of benzene rings is 2. The molecule has 0 aliphatic carbocycles. The number of nitrogens with zero attached hydrogens (tertiary/aromatic N) is 1. The van der Waals surface area contributed by atoms with E-state index in [-0.39, 0.29) is 11.3 Å². The first kappa shape index (κ1) is 21.3. The maximum Gasteiger partial charge on any atom is 0.417 e. The number of carbonyl (C=O) groups excluding carboxylic acids is 3. The Morgan fingerprint density at radius 1 is 1.00 bits per heavy atom. The SMILES string of the molecule is O=C(COC(=O)c1ccccc1C(F)(F)F)NNC(=O)c1ccc([N+](=O)[O-])cc1. The van der Waals surface area contributed by atoms with Crippen LogP contribution in [0.4, 0.5) is 18.9 Å². The molecule has 0 saturated heterocycles. The van der Waals surface area contributed by atoms with Gasteiger partial charge in [0.1, 0.15) is 0 Å². The monoisotopic (exact) mass is 411 g/mol. The molecule has 0 fully saturated rings. The molecular weight excluding hydrogens is 399 g/mol. The zero-order chi connectivity index (χ0) is 21.6. The van der Waals surface area contributed by atoms with Crippen molar-refractivity contribution >= 4 is 23.5 Å². The van der Waals surface area contributed by atoms with Gasteiger partial charge >= 0.3 is 12.1 Å². The molecule has 2 N–H and O–H groups in total. The number of ether oxygens (including phenoxy) is 1. The maximum absolute atomic E-state index is 12.9. The van der Waals surface area contributed by atoms with Crippen molar-refractivity contribution in [1.29, 1.82) is 0 Å². The number of hydrazine groups is 1. The Balaban J connectivity index is 1.88. The Kier molecular flexibility index (Phi) is 6.49. The highest BCUT2D eigenvalue weighted by Crippen LogP contribution is 2.32. The summed E-state index contributed by atoms with van der Waals surface area (Å²) in [6.07, 6.45) is -4.78. The minimum Gasteiger partial charge on any atom is -0.452 e. The fourth-order valence-corrected chi connectivity index (χ4v) is 2.09. The van der Waals surface area contributed by atoms with E-state index < -0.39 is 46.6 Å². The van der Waals surface area contributed by atoms with E-state index in [4.69, 9.17) is 0 Å². The maximum atomic E-state index is 12.9. The predicted molar refractivity (Wildman–Crippen MR) is 90.4 cm³/mol. The van der Waals surface area contributed by atoms with Gasteiger partial charge in [-0.25, -0.2) is 4.79 Å². The number of hydrogen-bond acceptors (Lipinski definition) is 6. The van der Waals surface area contributed by atoms with Gasteiger partial charge in [0.2, 0.25) is 0 Å². The Labute approximate surface area is 160 Å². The van der Waals surface area contributed by atoms with Gasteiger partial charge in [-0.05, 0) is 24.3 Å². The first-order chi connectivity index (χ1) is 13.6. The lowest BCUT2D eigenvalue weighted by molar-refractivity contribution is -0.384. The molecule has 0 radical (unpaired) electrons. The summed E-state index contributed by atoms with van der Waals surface area (Å²) in [5, 5.41) is 10.5. The number of nitro benzene ring substituents is 1. The normalized spacial score (nSPS) is 10.7. The highest BCUT2D eigenvalue weighted by Gasteiger charge is 2.35. The molecule has 9 nitrogen and oxygen atoms in total. The van der Waals surface area contributed by atoms with Gasteiger partial charge in [0.15, 0.2) is 6.61 Å². The van der Waals surface area contributed by atoms with Crippen molar-refractivity contribution in [3.8, 4) is 0 Å². The molecule has 0 bridgehead atoms. The van der Waals surface area contributed by atoms with Crippen LogP contribution in [-0.2, 0) is 15.7 Å². The fraction of sp³-hybridized carbons (Fsp3) is 0.118. The van der Waals surface area contributed by atoms with Gasteiger partial charge in [-0.1, -0.05) is 12.1 Å². The van der Waals surface area contributed by atoms with E-state index in [1.54, 1.807) is 0 Å². The second-order valence-electron chi connectivity index (χ2n) is 5.43. The van der Waals surface area contributed by atoms with Crippen LogP contribution in [0.1, 0.15) is 26.3 Å². The van der Waals surface area contributed by atoms with Crippen LogP contribution in [0.2, 0.25) is 0 Å². The van der Waals surface area contributed by atoms with E-state index in [1.807, 2.05) is 10.9 Å². The van der Waals surface area contributed by atoms with Crippen LogP contribution in [0.15, 0.2) is 48.5 Å². The number of non-ortho nitro benzene ring substituents is 1. The van der Waals surface area contributed by atoms with Crippen molar-refractivity contribution in [2.75, 3.05) is 6.61 Å². The van der Waals surface area contributed by atoms with Gasteiger partial charge in [0, 0.05) is 17.7 Å². The molecule has 2 aromatic carbocycles. The van der Waals surface area contributed by atoms with Gasteiger partial charge in [-0.15, -0.1) is 0 Å². The third-order valence-corrected chi connectivity index (χ3v) is 3.44. The molecule has 2 amide bonds. The molecule has 12 heteroatoms. The molecule has 0 heterocycles. The smallest absolute Gasteiger partial charge is 0.417 e. The second-order valence-corrected chi connectivity index (χ2v) is 5.43. The van der Waals surface area contributed by atoms with E-state index in [1.165, 1.54) is 6.07 Å². The third-order valence-electron chi connectivity index (χ3n) is 3.44. The molecule has 2 aromatic rings. The third kappa shape index (κ3) is 5.76. The van der Waals surface area contributed by atoms with Gasteiger partial charge in [-0.3, -0.25) is 30.6 Å². The standard InChI is InChI=1S/C17H12F3N3O6/c18-17(19,20)13-4-2-1-3-12(13)16(26)29-9-14(24)21-22-15(25)10-5-7-11(8-6-10)23(27)28/h1-8H,9H2,(H,21,24)(H,22,25). The van der Waals surface area contributed by atoms with Gasteiger partial charge in [-0.2, -0.15) is 13.2 Å². The van der Waals surface area contributed by atoms with Crippen LogP contribution < -0.4 is 10.9 Å². The number of nitro groups is 1. The number of amides is 2. The summed E-state index contributed by atoms with van der Waals surface area (Å²) in [7, 11) is 0. The van der Waals surface area contributed by atoms with Crippen LogP contribution in [0.25, 0.3) is 0 Å². The minimum absolute atomic E-state index is 0.00741. The van der Waals surface area contributed by atoms with Gasteiger partial charge in [0.25, 0.3) is 17.5 Å². The fourth-order valence-electron chi connectivity index (χ4n) is 2.09. The van der Waals surface area contributed by atoms with E-state index >= 15 is 0 Å². The quantitative estimate of drug-likeness (QED) is 0.441. The van der Waals surface area contributed by atoms with Gasteiger partial charge in [0.05, 0.1) is 16.1 Å². The predicted octanol–water partition coefficient (Wildman–Crippen LogP) is 2.23.